The number of rotatable bonds is 7. The molecule has 1 atom stereocenters. The van der Waals surface area contributed by atoms with Crippen LogP contribution in [0.5, 0.6) is 5.75 Å². The van der Waals surface area contributed by atoms with E-state index in [4.69, 9.17) is 9.47 Å². The molecule has 4 aromatic rings. The minimum absolute atomic E-state index is 0.213. The first-order valence-electron chi connectivity index (χ1n) is 12.6. The molecule has 39 heavy (non-hydrogen) atoms. The maximum absolute atomic E-state index is 13.8. The minimum atomic E-state index is -0.628. The first-order chi connectivity index (χ1) is 18.8. The lowest BCUT2D eigenvalue weighted by molar-refractivity contribution is -0.143. The summed E-state index contributed by atoms with van der Waals surface area (Å²) in [4.78, 5) is 32.1. The van der Waals surface area contributed by atoms with Gasteiger partial charge < -0.3 is 9.47 Å². The molecule has 0 saturated heterocycles. The van der Waals surface area contributed by atoms with Crippen molar-refractivity contribution in [3.05, 3.63) is 131 Å². The van der Waals surface area contributed by atoms with Crippen molar-refractivity contribution in [2.45, 2.75) is 39.5 Å². The van der Waals surface area contributed by atoms with Crippen LogP contribution in [0.15, 0.2) is 104 Å². The highest BCUT2D eigenvalue weighted by atomic mass is 79.9. The number of thiazole rings is 1. The van der Waals surface area contributed by atoms with Crippen LogP contribution in [-0.2, 0) is 16.1 Å². The molecule has 0 aliphatic carbocycles. The van der Waals surface area contributed by atoms with E-state index in [9.17, 15) is 9.59 Å². The van der Waals surface area contributed by atoms with Gasteiger partial charge in [-0.15, -0.1) is 0 Å². The second-order valence-electron chi connectivity index (χ2n) is 9.41. The molecule has 0 saturated carbocycles. The highest BCUT2D eigenvalue weighted by Gasteiger charge is 2.33. The summed E-state index contributed by atoms with van der Waals surface area (Å²) in [5.74, 6) is 0.245. The second-order valence-corrected chi connectivity index (χ2v) is 11.3. The second kappa shape index (κ2) is 11.6. The number of hydrogen-bond acceptors (Lipinski definition) is 6. The third kappa shape index (κ3) is 5.82. The van der Waals surface area contributed by atoms with Gasteiger partial charge in [0.1, 0.15) is 12.4 Å². The molecule has 1 unspecified atom stereocenters. The van der Waals surface area contributed by atoms with Crippen LogP contribution in [0, 0.1) is 0 Å². The molecule has 198 valence electrons. The summed E-state index contributed by atoms with van der Waals surface area (Å²) in [5, 5.41) is 0. The number of hydrogen-bond donors (Lipinski definition) is 0. The van der Waals surface area contributed by atoms with E-state index >= 15 is 0 Å². The van der Waals surface area contributed by atoms with E-state index in [1.165, 1.54) is 11.3 Å². The standard InChI is InChI=1S/C31H27BrN2O4S/c1-19(2)38-30(36)27-20(3)33-31-34(28(27)23-12-8-5-9-13-23)29(35)26(39-31)17-22-14-15-25(24(32)16-22)37-18-21-10-6-4-7-11-21/h4-17,19,28H,18H2,1-3H3. The Labute approximate surface area is 238 Å². The van der Waals surface area contributed by atoms with Crippen LogP contribution >= 0.6 is 27.3 Å². The molecule has 0 N–H and O–H groups in total. The number of allylic oxidation sites excluding steroid dienone is 1. The Hall–Kier alpha value is -3.75. The number of halogens is 1. The van der Waals surface area contributed by atoms with Gasteiger partial charge in [0.25, 0.3) is 5.56 Å². The molecule has 0 amide bonds. The SMILES string of the molecule is CC1=C(C(=O)OC(C)C)C(c2ccccc2)n2c(sc(=Cc3ccc(OCc4ccccc4)c(Br)c3)c2=O)=N1. The van der Waals surface area contributed by atoms with Crippen LogP contribution in [0.25, 0.3) is 6.08 Å². The zero-order valence-electron chi connectivity index (χ0n) is 21.8. The largest absolute Gasteiger partial charge is 0.488 e. The van der Waals surface area contributed by atoms with Crippen LogP contribution in [0.1, 0.15) is 43.5 Å². The van der Waals surface area contributed by atoms with Crippen molar-refractivity contribution in [2.24, 2.45) is 4.99 Å². The van der Waals surface area contributed by atoms with Gasteiger partial charge in [-0.1, -0.05) is 78.1 Å². The van der Waals surface area contributed by atoms with Crippen LogP contribution in [0.4, 0.5) is 0 Å². The first-order valence-corrected chi connectivity index (χ1v) is 14.2. The molecule has 5 rings (SSSR count). The maximum atomic E-state index is 13.8. The molecule has 0 radical (unpaired) electrons. The summed E-state index contributed by atoms with van der Waals surface area (Å²) in [6, 6.07) is 24.6. The van der Waals surface area contributed by atoms with E-state index in [1.54, 1.807) is 25.3 Å². The van der Waals surface area contributed by atoms with Gasteiger partial charge in [0, 0.05) is 0 Å². The Morgan fingerprint density at radius 3 is 2.44 bits per heavy atom. The maximum Gasteiger partial charge on any atom is 0.338 e. The molecule has 0 fully saturated rings. The van der Waals surface area contributed by atoms with Gasteiger partial charge in [0.15, 0.2) is 4.80 Å². The van der Waals surface area contributed by atoms with E-state index in [2.05, 4.69) is 20.9 Å². The van der Waals surface area contributed by atoms with E-state index in [0.717, 1.165) is 21.2 Å². The molecule has 6 nitrogen and oxygen atoms in total. The molecule has 1 aliphatic rings. The molecule has 1 aromatic heterocycles. The van der Waals surface area contributed by atoms with Gasteiger partial charge in [0.05, 0.1) is 32.4 Å². The molecule has 2 heterocycles. The highest BCUT2D eigenvalue weighted by Crippen LogP contribution is 2.31. The Bertz CT molecular complexity index is 1720. The average molecular weight is 604 g/mol. The Kier molecular flexibility index (Phi) is 7.95. The fourth-order valence-electron chi connectivity index (χ4n) is 4.42. The number of carbonyl (C=O) groups is 1. The molecule has 0 spiro atoms. The summed E-state index contributed by atoms with van der Waals surface area (Å²) in [7, 11) is 0. The molecule has 3 aromatic carbocycles. The Morgan fingerprint density at radius 1 is 1.08 bits per heavy atom. The summed E-state index contributed by atoms with van der Waals surface area (Å²) in [6.45, 7) is 5.85. The fourth-order valence-corrected chi connectivity index (χ4v) is 5.98. The van der Waals surface area contributed by atoms with Crippen molar-refractivity contribution in [2.75, 3.05) is 0 Å². The molecule has 0 bridgehead atoms. The van der Waals surface area contributed by atoms with E-state index in [1.807, 2.05) is 84.9 Å². The third-order valence-electron chi connectivity index (χ3n) is 6.19. The van der Waals surface area contributed by atoms with E-state index in [0.29, 0.717) is 33.0 Å². The predicted molar refractivity (Wildman–Crippen MR) is 156 cm³/mol. The number of ether oxygens (including phenoxy) is 2. The Morgan fingerprint density at radius 2 is 1.77 bits per heavy atom. The van der Waals surface area contributed by atoms with Crippen molar-refractivity contribution < 1.29 is 14.3 Å². The van der Waals surface area contributed by atoms with Gasteiger partial charge in [-0.05, 0) is 71.6 Å². The van der Waals surface area contributed by atoms with Crippen molar-refractivity contribution in [1.82, 2.24) is 4.57 Å². The van der Waals surface area contributed by atoms with E-state index < -0.39 is 12.0 Å². The fraction of sp³-hybridized carbons (Fsp3) is 0.194. The smallest absolute Gasteiger partial charge is 0.338 e. The van der Waals surface area contributed by atoms with E-state index in [-0.39, 0.29) is 11.7 Å². The monoisotopic (exact) mass is 602 g/mol. The zero-order chi connectivity index (χ0) is 27.5. The number of esters is 1. The van der Waals surface area contributed by atoms with Crippen LogP contribution in [0.3, 0.4) is 0 Å². The van der Waals surface area contributed by atoms with Gasteiger partial charge >= 0.3 is 5.97 Å². The molecule has 1 aliphatic heterocycles. The quantitative estimate of drug-likeness (QED) is 0.261. The average Bonchev–Trinajstić information content (AvgIpc) is 3.22. The number of nitrogens with zero attached hydrogens (tertiary/aromatic N) is 2. The van der Waals surface area contributed by atoms with Gasteiger partial charge in [0.2, 0.25) is 0 Å². The number of benzene rings is 3. The van der Waals surface area contributed by atoms with Gasteiger partial charge in [-0.2, -0.15) is 0 Å². The third-order valence-corrected chi connectivity index (χ3v) is 7.79. The lowest BCUT2D eigenvalue weighted by atomic mass is 9.96. The van der Waals surface area contributed by atoms with Crippen LogP contribution < -0.4 is 19.6 Å². The Balaban J connectivity index is 1.53. The topological polar surface area (TPSA) is 69.9 Å². The highest BCUT2D eigenvalue weighted by molar-refractivity contribution is 9.10. The predicted octanol–water partition coefficient (Wildman–Crippen LogP) is 5.53. The lowest BCUT2D eigenvalue weighted by Crippen LogP contribution is -2.40. The summed E-state index contributed by atoms with van der Waals surface area (Å²) in [6.07, 6.45) is 1.54. The lowest BCUT2D eigenvalue weighted by Gasteiger charge is -2.25. The molecule has 8 heteroatoms. The van der Waals surface area contributed by atoms with Crippen LogP contribution in [0.2, 0.25) is 0 Å². The van der Waals surface area contributed by atoms with Crippen molar-refractivity contribution in [1.29, 1.82) is 0 Å². The van der Waals surface area contributed by atoms with Gasteiger partial charge in [-0.3, -0.25) is 9.36 Å². The van der Waals surface area contributed by atoms with Crippen molar-refractivity contribution in [3.63, 3.8) is 0 Å². The first kappa shape index (κ1) is 26.8. The summed E-state index contributed by atoms with van der Waals surface area (Å²) >= 11 is 4.90. The van der Waals surface area contributed by atoms with Crippen molar-refractivity contribution in [3.8, 4) is 5.75 Å². The number of aromatic nitrogens is 1. The van der Waals surface area contributed by atoms with Crippen molar-refractivity contribution >= 4 is 39.3 Å². The zero-order valence-corrected chi connectivity index (χ0v) is 24.2. The minimum Gasteiger partial charge on any atom is -0.488 e. The summed E-state index contributed by atoms with van der Waals surface area (Å²) in [5.41, 5.74) is 3.44. The number of fused-ring (bicyclic) bond motifs is 1. The van der Waals surface area contributed by atoms with Crippen LogP contribution in [-0.4, -0.2) is 16.6 Å². The molecular formula is C31H27BrN2O4S. The number of carbonyl (C=O) groups excluding carboxylic acids is 1. The van der Waals surface area contributed by atoms with Gasteiger partial charge in [-0.25, -0.2) is 9.79 Å². The normalized spacial score (nSPS) is 15.2. The molecular weight excluding hydrogens is 576 g/mol. The summed E-state index contributed by atoms with van der Waals surface area (Å²) < 4.78 is 14.4.